The minimum atomic E-state index is 0.241. The molecule has 0 radical (unpaired) electrons. The van der Waals surface area contributed by atoms with Crippen molar-refractivity contribution in [3.05, 3.63) is 35.5 Å². The molecule has 13 heavy (non-hydrogen) atoms. The summed E-state index contributed by atoms with van der Waals surface area (Å²) >= 11 is 0. The predicted molar refractivity (Wildman–Crippen MR) is 51.5 cm³/mol. The molecule has 2 unspecified atom stereocenters. The minimum absolute atomic E-state index is 0.241. The normalized spacial score (nSPS) is 36.3. The Morgan fingerprint density at radius 2 is 2.38 bits per heavy atom. The summed E-state index contributed by atoms with van der Waals surface area (Å²) in [7, 11) is 0. The van der Waals surface area contributed by atoms with Crippen molar-refractivity contribution in [3.63, 3.8) is 0 Å². The van der Waals surface area contributed by atoms with Gasteiger partial charge in [0.05, 0.1) is 6.10 Å². The van der Waals surface area contributed by atoms with Crippen molar-refractivity contribution in [2.75, 3.05) is 13.1 Å². The standard InChI is InChI=1S/C11H13NO/c1-2-4-10-8(3-1)9-7-12-6-5-11(9)13-10/h1-4,10-12H,5-7H2. The van der Waals surface area contributed by atoms with Gasteiger partial charge in [-0.25, -0.2) is 0 Å². The summed E-state index contributed by atoms with van der Waals surface area (Å²) in [6.45, 7) is 2.09. The Morgan fingerprint density at radius 3 is 3.38 bits per heavy atom. The van der Waals surface area contributed by atoms with Crippen LogP contribution in [-0.4, -0.2) is 25.3 Å². The molecule has 2 heteroatoms. The molecular formula is C11H13NO. The van der Waals surface area contributed by atoms with Gasteiger partial charge in [-0.05, 0) is 24.1 Å². The largest absolute Gasteiger partial charge is 0.362 e. The van der Waals surface area contributed by atoms with E-state index in [2.05, 4.69) is 29.6 Å². The van der Waals surface area contributed by atoms with E-state index >= 15 is 0 Å². The number of hydrogen-bond acceptors (Lipinski definition) is 2. The third kappa shape index (κ3) is 1.10. The molecule has 0 aromatic heterocycles. The zero-order valence-corrected chi connectivity index (χ0v) is 7.49. The number of hydrogen-bond donors (Lipinski definition) is 1. The van der Waals surface area contributed by atoms with Crippen LogP contribution < -0.4 is 5.32 Å². The van der Waals surface area contributed by atoms with Gasteiger partial charge in [0, 0.05) is 6.54 Å². The highest BCUT2D eigenvalue weighted by atomic mass is 16.5. The Hall–Kier alpha value is -0.860. The maximum atomic E-state index is 5.92. The first kappa shape index (κ1) is 7.54. The average Bonchev–Trinajstić information content (AvgIpc) is 2.56. The summed E-state index contributed by atoms with van der Waals surface area (Å²) in [5, 5.41) is 3.39. The van der Waals surface area contributed by atoms with Crippen molar-refractivity contribution in [2.24, 2.45) is 0 Å². The first-order chi connectivity index (χ1) is 6.45. The number of fused-ring (bicyclic) bond motifs is 2. The monoisotopic (exact) mass is 175 g/mol. The maximum absolute atomic E-state index is 5.92. The SMILES string of the molecule is C1=CC2=C3CNCCC3OC2C=C1. The Balaban J connectivity index is 2.00. The van der Waals surface area contributed by atoms with E-state index in [-0.39, 0.29) is 6.10 Å². The molecule has 2 heterocycles. The quantitative estimate of drug-likeness (QED) is 0.596. The van der Waals surface area contributed by atoms with Crippen LogP contribution in [0.4, 0.5) is 0 Å². The fourth-order valence-electron chi connectivity index (χ4n) is 2.29. The van der Waals surface area contributed by atoms with E-state index in [1.54, 1.807) is 0 Å². The van der Waals surface area contributed by atoms with Gasteiger partial charge in [0.15, 0.2) is 0 Å². The van der Waals surface area contributed by atoms with E-state index < -0.39 is 0 Å². The molecule has 2 nitrogen and oxygen atoms in total. The Kier molecular flexibility index (Phi) is 1.64. The van der Waals surface area contributed by atoms with Crippen LogP contribution >= 0.6 is 0 Å². The molecule has 3 rings (SSSR count). The van der Waals surface area contributed by atoms with E-state index in [0.29, 0.717) is 6.10 Å². The molecule has 0 bridgehead atoms. The Bertz CT molecular complexity index is 314. The summed E-state index contributed by atoms with van der Waals surface area (Å²) in [5.41, 5.74) is 2.86. The van der Waals surface area contributed by atoms with Crippen LogP contribution in [-0.2, 0) is 4.74 Å². The number of piperidine rings is 1. The smallest absolute Gasteiger partial charge is 0.102 e. The lowest BCUT2D eigenvalue weighted by molar-refractivity contribution is 0.0682. The van der Waals surface area contributed by atoms with Crippen molar-refractivity contribution in [1.82, 2.24) is 5.32 Å². The number of ether oxygens (including phenoxy) is 1. The zero-order chi connectivity index (χ0) is 8.67. The summed E-state index contributed by atoms with van der Waals surface area (Å²) < 4.78 is 5.92. The molecule has 2 aliphatic heterocycles. The number of nitrogens with one attached hydrogen (secondary N) is 1. The van der Waals surface area contributed by atoms with Crippen molar-refractivity contribution >= 4 is 0 Å². The Labute approximate surface area is 78.0 Å². The van der Waals surface area contributed by atoms with Gasteiger partial charge < -0.3 is 10.1 Å². The van der Waals surface area contributed by atoms with Crippen molar-refractivity contribution in [1.29, 1.82) is 0 Å². The lowest BCUT2D eigenvalue weighted by Crippen LogP contribution is -2.32. The van der Waals surface area contributed by atoms with E-state index in [1.807, 2.05) is 0 Å². The van der Waals surface area contributed by atoms with Gasteiger partial charge >= 0.3 is 0 Å². The zero-order valence-electron chi connectivity index (χ0n) is 7.49. The third-order valence-electron chi connectivity index (χ3n) is 2.95. The predicted octanol–water partition coefficient (Wildman–Crippen LogP) is 1.17. The van der Waals surface area contributed by atoms with E-state index in [0.717, 1.165) is 19.5 Å². The molecule has 1 fully saturated rings. The Morgan fingerprint density at radius 1 is 1.38 bits per heavy atom. The van der Waals surface area contributed by atoms with E-state index in [9.17, 15) is 0 Å². The van der Waals surface area contributed by atoms with Gasteiger partial charge in [0.1, 0.15) is 6.10 Å². The summed E-state index contributed by atoms with van der Waals surface area (Å²) in [5.74, 6) is 0. The molecule has 0 spiro atoms. The van der Waals surface area contributed by atoms with Gasteiger partial charge in [0.2, 0.25) is 0 Å². The van der Waals surface area contributed by atoms with Crippen molar-refractivity contribution < 1.29 is 4.74 Å². The highest BCUT2D eigenvalue weighted by Crippen LogP contribution is 2.33. The average molecular weight is 175 g/mol. The van der Waals surface area contributed by atoms with Crippen LogP contribution in [0.5, 0.6) is 0 Å². The van der Waals surface area contributed by atoms with Gasteiger partial charge in [-0.15, -0.1) is 0 Å². The second kappa shape index (κ2) is 2.82. The molecule has 0 aromatic rings. The first-order valence-corrected chi connectivity index (χ1v) is 4.89. The molecule has 3 aliphatic rings. The number of allylic oxidation sites excluding steroid dienone is 2. The van der Waals surface area contributed by atoms with Gasteiger partial charge in [-0.2, -0.15) is 0 Å². The van der Waals surface area contributed by atoms with Gasteiger partial charge in [0.25, 0.3) is 0 Å². The molecule has 2 atom stereocenters. The molecule has 1 N–H and O–H groups in total. The van der Waals surface area contributed by atoms with Crippen molar-refractivity contribution in [3.8, 4) is 0 Å². The van der Waals surface area contributed by atoms with E-state index in [4.69, 9.17) is 4.74 Å². The van der Waals surface area contributed by atoms with Crippen LogP contribution in [0, 0.1) is 0 Å². The van der Waals surface area contributed by atoms with Crippen LogP contribution in [0.2, 0.25) is 0 Å². The lowest BCUT2D eigenvalue weighted by atomic mass is 9.96. The highest BCUT2D eigenvalue weighted by molar-refractivity contribution is 5.44. The number of rotatable bonds is 0. The first-order valence-electron chi connectivity index (χ1n) is 4.89. The highest BCUT2D eigenvalue weighted by Gasteiger charge is 2.33. The van der Waals surface area contributed by atoms with Gasteiger partial charge in [-0.3, -0.25) is 0 Å². The molecule has 0 amide bonds. The van der Waals surface area contributed by atoms with Crippen molar-refractivity contribution in [2.45, 2.75) is 18.6 Å². The lowest BCUT2D eigenvalue weighted by Gasteiger charge is -2.21. The molecule has 1 aliphatic carbocycles. The molecular weight excluding hydrogens is 162 g/mol. The van der Waals surface area contributed by atoms with Gasteiger partial charge in [-0.1, -0.05) is 24.3 Å². The summed E-state index contributed by atoms with van der Waals surface area (Å²) in [6, 6.07) is 0. The van der Waals surface area contributed by atoms with E-state index in [1.165, 1.54) is 11.1 Å². The topological polar surface area (TPSA) is 21.3 Å². The summed E-state index contributed by atoms with van der Waals surface area (Å²) in [4.78, 5) is 0. The fourth-order valence-corrected chi connectivity index (χ4v) is 2.29. The molecule has 68 valence electrons. The second-order valence-corrected chi connectivity index (χ2v) is 3.74. The molecule has 0 aromatic carbocycles. The fraction of sp³-hybridized carbons (Fsp3) is 0.455. The summed E-state index contributed by atoms with van der Waals surface area (Å²) in [6.07, 6.45) is 10.2. The third-order valence-corrected chi connectivity index (χ3v) is 2.95. The minimum Gasteiger partial charge on any atom is -0.362 e. The van der Waals surface area contributed by atoms with Crippen LogP contribution in [0.25, 0.3) is 0 Å². The van der Waals surface area contributed by atoms with Crippen LogP contribution in [0.3, 0.4) is 0 Å². The molecule has 1 saturated heterocycles. The second-order valence-electron chi connectivity index (χ2n) is 3.74. The maximum Gasteiger partial charge on any atom is 0.102 e. The molecule has 0 saturated carbocycles. The van der Waals surface area contributed by atoms with Crippen LogP contribution in [0.1, 0.15) is 6.42 Å². The van der Waals surface area contributed by atoms with Crippen LogP contribution in [0.15, 0.2) is 35.5 Å².